The molecule has 2 rings (SSSR count). The Labute approximate surface area is 125 Å². The highest BCUT2D eigenvalue weighted by Gasteiger charge is 2.16. The molecule has 0 aliphatic carbocycles. The Bertz CT molecular complexity index is 606. The first-order chi connectivity index (χ1) is 10.2. The number of hydrogen-bond acceptors (Lipinski definition) is 3. The van der Waals surface area contributed by atoms with Gasteiger partial charge in [-0.2, -0.15) is 0 Å². The number of hydrogen-bond donors (Lipinski definition) is 0. The first kappa shape index (κ1) is 15.0. The van der Waals surface area contributed by atoms with Gasteiger partial charge in [-0.1, -0.05) is 60.7 Å². The number of carbonyl (C=O) groups excluding carboxylic acids is 1. The van der Waals surface area contributed by atoms with Gasteiger partial charge in [-0.3, -0.25) is 4.99 Å². The zero-order valence-corrected chi connectivity index (χ0v) is 12.3. The SMILES string of the molecule is CCOC(=O)C(=N[C@H](C)c1ccccc1)c1ccccc1. The predicted molar refractivity (Wildman–Crippen MR) is 84.5 cm³/mol. The van der Waals surface area contributed by atoms with Crippen molar-refractivity contribution in [2.24, 2.45) is 4.99 Å². The van der Waals surface area contributed by atoms with Gasteiger partial charge < -0.3 is 4.74 Å². The number of nitrogens with zero attached hydrogens (tertiary/aromatic N) is 1. The first-order valence-electron chi connectivity index (χ1n) is 7.07. The van der Waals surface area contributed by atoms with Crippen molar-refractivity contribution in [3.63, 3.8) is 0 Å². The largest absolute Gasteiger partial charge is 0.461 e. The fourth-order valence-electron chi connectivity index (χ4n) is 2.04. The molecule has 3 heteroatoms. The fourth-order valence-corrected chi connectivity index (χ4v) is 2.04. The van der Waals surface area contributed by atoms with Crippen LogP contribution in [-0.4, -0.2) is 18.3 Å². The second kappa shape index (κ2) is 7.39. The van der Waals surface area contributed by atoms with E-state index in [1.807, 2.05) is 67.6 Å². The number of benzene rings is 2. The van der Waals surface area contributed by atoms with Gasteiger partial charge in [0.25, 0.3) is 0 Å². The lowest BCUT2D eigenvalue weighted by atomic mass is 10.1. The molecule has 108 valence electrons. The monoisotopic (exact) mass is 281 g/mol. The summed E-state index contributed by atoms with van der Waals surface area (Å²) in [4.78, 5) is 16.7. The average Bonchev–Trinajstić information content (AvgIpc) is 2.54. The molecule has 0 spiro atoms. The Kier molecular flexibility index (Phi) is 5.27. The van der Waals surface area contributed by atoms with Crippen LogP contribution in [0.2, 0.25) is 0 Å². The highest BCUT2D eigenvalue weighted by molar-refractivity contribution is 6.43. The molecule has 0 bridgehead atoms. The van der Waals surface area contributed by atoms with E-state index in [2.05, 4.69) is 4.99 Å². The molecular formula is C18H19NO2. The van der Waals surface area contributed by atoms with Crippen molar-refractivity contribution >= 4 is 11.7 Å². The molecule has 0 aliphatic heterocycles. The Balaban J connectivity index is 2.35. The molecule has 0 aliphatic rings. The summed E-state index contributed by atoms with van der Waals surface area (Å²) in [7, 11) is 0. The molecular weight excluding hydrogens is 262 g/mol. The van der Waals surface area contributed by atoms with Crippen LogP contribution in [-0.2, 0) is 9.53 Å². The molecule has 1 atom stereocenters. The number of ether oxygens (including phenoxy) is 1. The summed E-state index contributed by atoms with van der Waals surface area (Å²) >= 11 is 0. The van der Waals surface area contributed by atoms with E-state index >= 15 is 0 Å². The van der Waals surface area contributed by atoms with E-state index in [1.54, 1.807) is 6.92 Å². The lowest BCUT2D eigenvalue weighted by Gasteiger charge is -2.11. The topological polar surface area (TPSA) is 38.7 Å². The molecule has 0 aromatic heterocycles. The zero-order valence-electron chi connectivity index (χ0n) is 12.3. The van der Waals surface area contributed by atoms with Crippen molar-refractivity contribution < 1.29 is 9.53 Å². The minimum atomic E-state index is -0.383. The van der Waals surface area contributed by atoms with E-state index in [9.17, 15) is 4.79 Å². The Morgan fingerprint density at radius 3 is 2.19 bits per heavy atom. The number of carbonyl (C=O) groups is 1. The molecule has 2 aromatic carbocycles. The summed E-state index contributed by atoms with van der Waals surface area (Å²) in [5, 5.41) is 0. The smallest absolute Gasteiger partial charge is 0.357 e. The molecule has 0 radical (unpaired) electrons. The quantitative estimate of drug-likeness (QED) is 0.617. The van der Waals surface area contributed by atoms with Gasteiger partial charge >= 0.3 is 5.97 Å². The fraction of sp³-hybridized carbons (Fsp3) is 0.222. The molecule has 3 nitrogen and oxygen atoms in total. The molecule has 2 aromatic rings. The van der Waals surface area contributed by atoms with Crippen LogP contribution in [0.15, 0.2) is 65.7 Å². The standard InChI is InChI=1S/C18H19NO2/c1-3-21-18(20)17(16-12-8-5-9-13-16)19-14(2)15-10-6-4-7-11-15/h4-14H,3H2,1-2H3/t14-/m1/s1. The molecule has 0 unspecified atom stereocenters. The predicted octanol–water partition coefficient (Wildman–Crippen LogP) is 3.80. The van der Waals surface area contributed by atoms with Crippen LogP contribution in [0.25, 0.3) is 0 Å². The lowest BCUT2D eigenvalue weighted by molar-refractivity contribution is -0.134. The van der Waals surface area contributed by atoms with Gasteiger partial charge in [0.1, 0.15) is 0 Å². The lowest BCUT2D eigenvalue weighted by Crippen LogP contribution is -2.19. The second-order valence-electron chi connectivity index (χ2n) is 4.65. The minimum absolute atomic E-state index is 0.106. The van der Waals surface area contributed by atoms with E-state index in [0.29, 0.717) is 12.3 Å². The van der Waals surface area contributed by atoms with Crippen LogP contribution in [0.4, 0.5) is 0 Å². The van der Waals surface area contributed by atoms with Gasteiger partial charge in [0.15, 0.2) is 5.71 Å². The first-order valence-corrected chi connectivity index (χ1v) is 7.07. The zero-order chi connectivity index (χ0) is 15.1. The summed E-state index contributed by atoms with van der Waals surface area (Å²) in [5.41, 5.74) is 2.21. The molecule has 0 N–H and O–H groups in total. The van der Waals surface area contributed by atoms with E-state index in [0.717, 1.165) is 11.1 Å². The summed E-state index contributed by atoms with van der Waals surface area (Å²) in [6, 6.07) is 19.2. The van der Waals surface area contributed by atoms with Crippen molar-refractivity contribution in [3.8, 4) is 0 Å². The third kappa shape index (κ3) is 4.02. The third-order valence-electron chi connectivity index (χ3n) is 3.12. The number of aliphatic imine (C=N–C) groups is 1. The van der Waals surface area contributed by atoms with Gasteiger partial charge in [-0.25, -0.2) is 4.79 Å². The van der Waals surface area contributed by atoms with Crippen LogP contribution < -0.4 is 0 Å². The van der Waals surface area contributed by atoms with Gasteiger partial charge in [-0.15, -0.1) is 0 Å². The maximum Gasteiger partial charge on any atom is 0.357 e. The van der Waals surface area contributed by atoms with Crippen LogP contribution >= 0.6 is 0 Å². The van der Waals surface area contributed by atoms with Crippen molar-refractivity contribution in [1.82, 2.24) is 0 Å². The van der Waals surface area contributed by atoms with Crippen LogP contribution in [0.3, 0.4) is 0 Å². The maximum atomic E-state index is 12.2. The number of rotatable bonds is 5. The molecule has 21 heavy (non-hydrogen) atoms. The van der Waals surface area contributed by atoms with E-state index in [1.165, 1.54) is 0 Å². The Morgan fingerprint density at radius 2 is 1.62 bits per heavy atom. The van der Waals surface area contributed by atoms with Crippen molar-refractivity contribution in [2.45, 2.75) is 19.9 Å². The van der Waals surface area contributed by atoms with Crippen LogP contribution in [0.5, 0.6) is 0 Å². The summed E-state index contributed by atoms with van der Waals surface area (Å²) in [5.74, 6) is -0.383. The highest BCUT2D eigenvalue weighted by Crippen LogP contribution is 2.18. The van der Waals surface area contributed by atoms with Crippen LogP contribution in [0.1, 0.15) is 31.0 Å². The molecule has 0 amide bonds. The van der Waals surface area contributed by atoms with Gasteiger partial charge in [0.2, 0.25) is 0 Å². The van der Waals surface area contributed by atoms with E-state index in [-0.39, 0.29) is 12.0 Å². The van der Waals surface area contributed by atoms with E-state index < -0.39 is 0 Å². The minimum Gasteiger partial charge on any atom is -0.461 e. The Morgan fingerprint density at radius 1 is 1.05 bits per heavy atom. The van der Waals surface area contributed by atoms with Gasteiger partial charge in [-0.05, 0) is 19.4 Å². The second-order valence-corrected chi connectivity index (χ2v) is 4.65. The Hall–Kier alpha value is -2.42. The number of esters is 1. The highest BCUT2D eigenvalue weighted by atomic mass is 16.5. The van der Waals surface area contributed by atoms with Crippen molar-refractivity contribution in [3.05, 3.63) is 71.8 Å². The third-order valence-corrected chi connectivity index (χ3v) is 3.12. The van der Waals surface area contributed by atoms with Crippen LogP contribution in [0, 0.1) is 0 Å². The van der Waals surface area contributed by atoms with Gasteiger partial charge in [0.05, 0.1) is 12.6 Å². The summed E-state index contributed by atoms with van der Waals surface area (Å²) in [6.45, 7) is 4.10. The van der Waals surface area contributed by atoms with E-state index in [4.69, 9.17) is 4.74 Å². The molecule has 0 heterocycles. The average molecular weight is 281 g/mol. The molecule has 0 fully saturated rings. The maximum absolute atomic E-state index is 12.2. The van der Waals surface area contributed by atoms with Crippen molar-refractivity contribution in [2.75, 3.05) is 6.61 Å². The molecule has 0 saturated heterocycles. The molecule has 0 saturated carbocycles. The summed E-state index contributed by atoms with van der Waals surface area (Å²) < 4.78 is 5.13. The van der Waals surface area contributed by atoms with Gasteiger partial charge in [0, 0.05) is 5.56 Å². The normalized spacial score (nSPS) is 12.8. The summed E-state index contributed by atoms with van der Waals surface area (Å²) in [6.07, 6.45) is 0. The van der Waals surface area contributed by atoms with Crippen molar-refractivity contribution in [1.29, 1.82) is 0 Å².